The average molecular weight is 476 g/mol. The summed E-state index contributed by atoms with van der Waals surface area (Å²) in [6, 6.07) is 6.87. The molecule has 0 aromatic heterocycles. The number of nitrogens with zero attached hydrogens (tertiary/aromatic N) is 2. The lowest BCUT2D eigenvalue weighted by atomic mass is 9.81. The quantitative estimate of drug-likeness (QED) is 0.501. The molecule has 2 aliphatic heterocycles. The molecule has 2 unspecified atom stereocenters. The Kier molecular flexibility index (Phi) is 6.66. The maximum Gasteiger partial charge on any atom is 0.293 e. The van der Waals surface area contributed by atoms with E-state index in [0.29, 0.717) is 22.8 Å². The molecule has 1 aromatic rings. The predicted molar refractivity (Wildman–Crippen MR) is 119 cm³/mol. The van der Waals surface area contributed by atoms with Crippen molar-refractivity contribution in [2.75, 3.05) is 19.6 Å². The number of halogens is 1. The minimum Gasteiger partial charge on any atom is -0.353 e. The van der Waals surface area contributed by atoms with Crippen molar-refractivity contribution in [1.82, 2.24) is 15.1 Å². The van der Waals surface area contributed by atoms with Crippen molar-refractivity contribution in [1.29, 1.82) is 0 Å². The number of likely N-dealkylation sites (tertiary alicyclic amines) is 1. The molecule has 8 nitrogen and oxygen atoms in total. The number of carbonyl (C=O) groups is 5. The van der Waals surface area contributed by atoms with Crippen LogP contribution in [0.1, 0.15) is 31.2 Å². The number of amides is 5. The van der Waals surface area contributed by atoms with Crippen molar-refractivity contribution in [2.45, 2.75) is 25.7 Å². The van der Waals surface area contributed by atoms with E-state index in [2.05, 4.69) is 5.32 Å². The van der Waals surface area contributed by atoms with E-state index in [1.165, 1.54) is 0 Å². The van der Waals surface area contributed by atoms with E-state index in [1.807, 2.05) is 0 Å². The lowest BCUT2D eigenvalue weighted by Crippen LogP contribution is -2.43. The molecule has 3 aliphatic rings. The van der Waals surface area contributed by atoms with Gasteiger partial charge < -0.3 is 5.32 Å². The Balaban J connectivity index is 1.28. The number of hydrogen-bond acceptors (Lipinski definition) is 6. The molecule has 1 saturated carbocycles. The molecular weight excluding hydrogens is 454 g/mol. The lowest BCUT2D eigenvalue weighted by molar-refractivity contribution is -0.143. The van der Waals surface area contributed by atoms with E-state index in [4.69, 9.17) is 11.6 Å². The standard InChI is InChI=1S/C22H22ClN3O5S/c23-14-7-5-13(6-8-14)11-17-21(30)25(22(31)32-17)10-9-24-18(27)12-26-19(28)15-3-1-2-4-16(15)20(26)29/h5-8,11,15-16H,1-4,9-10,12H2,(H,24,27)/b17-11-. The number of nitrogens with one attached hydrogen (secondary N) is 1. The van der Waals surface area contributed by atoms with E-state index in [-0.39, 0.29) is 43.3 Å². The fourth-order valence-corrected chi connectivity index (χ4v) is 5.29. The summed E-state index contributed by atoms with van der Waals surface area (Å²) in [6.45, 7) is -0.293. The molecule has 4 rings (SSSR count). The van der Waals surface area contributed by atoms with Crippen LogP contribution in [0, 0.1) is 11.8 Å². The zero-order valence-corrected chi connectivity index (χ0v) is 18.8. The SMILES string of the molecule is O=C(CN1C(=O)C2CCCCC2C1=O)NCCN1C(=O)S/C(=C\c2ccc(Cl)cc2)C1=O. The van der Waals surface area contributed by atoms with E-state index < -0.39 is 17.1 Å². The maximum atomic E-state index is 12.6. The predicted octanol–water partition coefficient (Wildman–Crippen LogP) is 2.67. The molecule has 0 radical (unpaired) electrons. The van der Waals surface area contributed by atoms with Gasteiger partial charge in [-0.3, -0.25) is 33.8 Å². The molecule has 2 atom stereocenters. The summed E-state index contributed by atoms with van der Waals surface area (Å²) in [5.74, 6) is -2.06. The van der Waals surface area contributed by atoms with E-state index in [9.17, 15) is 24.0 Å². The average Bonchev–Trinajstić information content (AvgIpc) is 3.18. The van der Waals surface area contributed by atoms with Crippen molar-refractivity contribution >= 4 is 58.3 Å². The van der Waals surface area contributed by atoms with Gasteiger partial charge in [-0.25, -0.2) is 0 Å². The summed E-state index contributed by atoms with van der Waals surface area (Å²) in [4.78, 5) is 64.4. The van der Waals surface area contributed by atoms with Gasteiger partial charge in [0, 0.05) is 18.1 Å². The fourth-order valence-electron chi connectivity index (χ4n) is 4.30. The van der Waals surface area contributed by atoms with Crippen molar-refractivity contribution in [3.05, 3.63) is 39.8 Å². The monoisotopic (exact) mass is 475 g/mol. The van der Waals surface area contributed by atoms with Gasteiger partial charge in [-0.15, -0.1) is 0 Å². The van der Waals surface area contributed by atoms with Crippen molar-refractivity contribution in [3.8, 4) is 0 Å². The van der Waals surface area contributed by atoms with Gasteiger partial charge in [0.25, 0.3) is 11.1 Å². The van der Waals surface area contributed by atoms with Gasteiger partial charge in [0.2, 0.25) is 17.7 Å². The molecule has 5 amide bonds. The van der Waals surface area contributed by atoms with Crippen LogP contribution in [0.25, 0.3) is 6.08 Å². The summed E-state index contributed by atoms with van der Waals surface area (Å²) in [6.07, 6.45) is 4.84. The molecule has 0 bridgehead atoms. The Labute approximate surface area is 194 Å². The highest BCUT2D eigenvalue weighted by molar-refractivity contribution is 8.18. The fraction of sp³-hybridized carbons (Fsp3) is 0.409. The first kappa shape index (κ1) is 22.5. The molecule has 0 spiro atoms. The van der Waals surface area contributed by atoms with Crippen LogP contribution in [-0.4, -0.2) is 58.3 Å². The van der Waals surface area contributed by atoms with Crippen LogP contribution in [0.15, 0.2) is 29.2 Å². The molecule has 168 valence electrons. The molecule has 1 N–H and O–H groups in total. The van der Waals surface area contributed by atoms with Crippen molar-refractivity contribution < 1.29 is 24.0 Å². The largest absolute Gasteiger partial charge is 0.353 e. The van der Waals surface area contributed by atoms with Gasteiger partial charge in [0.15, 0.2) is 0 Å². The van der Waals surface area contributed by atoms with Crippen molar-refractivity contribution in [3.63, 3.8) is 0 Å². The van der Waals surface area contributed by atoms with Crippen LogP contribution < -0.4 is 5.32 Å². The Bertz CT molecular complexity index is 985. The van der Waals surface area contributed by atoms with Gasteiger partial charge in [0.1, 0.15) is 6.54 Å². The van der Waals surface area contributed by atoms with Gasteiger partial charge in [-0.05, 0) is 48.4 Å². The molecule has 10 heteroatoms. The highest BCUT2D eigenvalue weighted by Crippen LogP contribution is 2.37. The highest BCUT2D eigenvalue weighted by atomic mass is 35.5. The second-order valence-corrected chi connectivity index (χ2v) is 9.42. The number of fused-ring (bicyclic) bond motifs is 1. The van der Waals surface area contributed by atoms with E-state index >= 15 is 0 Å². The molecule has 32 heavy (non-hydrogen) atoms. The van der Waals surface area contributed by atoms with Crippen LogP contribution in [0.3, 0.4) is 0 Å². The van der Waals surface area contributed by atoms with Gasteiger partial charge in [-0.2, -0.15) is 0 Å². The highest BCUT2D eigenvalue weighted by Gasteiger charge is 2.48. The van der Waals surface area contributed by atoms with Crippen LogP contribution in [0.5, 0.6) is 0 Å². The third-order valence-corrected chi connectivity index (χ3v) is 7.09. The number of imide groups is 2. The Hall–Kier alpha value is -2.65. The third kappa shape index (κ3) is 4.59. The normalized spacial score (nSPS) is 24.5. The summed E-state index contributed by atoms with van der Waals surface area (Å²) in [5, 5.41) is 2.75. The first-order valence-corrected chi connectivity index (χ1v) is 11.7. The molecule has 1 aliphatic carbocycles. The minimum absolute atomic E-state index is 0.00150. The first-order valence-electron chi connectivity index (χ1n) is 10.5. The zero-order chi connectivity index (χ0) is 22.8. The van der Waals surface area contributed by atoms with Gasteiger partial charge in [-0.1, -0.05) is 36.6 Å². The summed E-state index contributed by atoms with van der Waals surface area (Å²) >= 11 is 6.69. The van der Waals surface area contributed by atoms with Gasteiger partial charge >= 0.3 is 0 Å². The molecule has 2 heterocycles. The number of hydrogen-bond donors (Lipinski definition) is 1. The first-order chi connectivity index (χ1) is 15.3. The van der Waals surface area contributed by atoms with Crippen LogP contribution in [0.2, 0.25) is 5.02 Å². The number of thioether (sulfide) groups is 1. The molecular formula is C22H22ClN3O5S. The van der Waals surface area contributed by atoms with E-state index in [0.717, 1.165) is 40.0 Å². The smallest absolute Gasteiger partial charge is 0.293 e. The van der Waals surface area contributed by atoms with Crippen molar-refractivity contribution in [2.24, 2.45) is 11.8 Å². The second kappa shape index (κ2) is 9.46. The second-order valence-electron chi connectivity index (χ2n) is 7.99. The molecule has 2 saturated heterocycles. The summed E-state index contributed by atoms with van der Waals surface area (Å²) in [7, 11) is 0. The number of benzene rings is 1. The van der Waals surface area contributed by atoms with Gasteiger partial charge in [0.05, 0.1) is 16.7 Å². The van der Waals surface area contributed by atoms with E-state index in [1.54, 1.807) is 30.3 Å². The maximum absolute atomic E-state index is 12.6. The Morgan fingerprint density at radius 2 is 1.66 bits per heavy atom. The number of rotatable bonds is 6. The topological polar surface area (TPSA) is 104 Å². The van der Waals surface area contributed by atoms with Crippen LogP contribution >= 0.6 is 23.4 Å². The lowest BCUT2D eigenvalue weighted by Gasteiger charge is -2.19. The Morgan fingerprint density at radius 1 is 1.03 bits per heavy atom. The molecule has 1 aromatic carbocycles. The molecule has 3 fully saturated rings. The van der Waals surface area contributed by atoms with Crippen LogP contribution in [0.4, 0.5) is 4.79 Å². The zero-order valence-electron chi connectivity index (χ0n) is 17.2. The van der Waals surface area contributed by atoms with Crippen LogP contribution in [-0.2, 0) is 19.2 Å². The third-order valence-electron chi connectivity index (χ3n) is 5.93. The summed E-state index contributed by atoms with van der Waals surface area (Å²) < 4.78 is 0. The summed E-state index contributed by atoms with van der Waals surface area (Å²) in [5.41, 5.74) is 0.744. The Morgan fingerprint density at radius 3 is 2.28 bits per heavy atom. The number of carbonyl (C=O) groups excluding carboxylic acids is 5. The minimum atomic E-state index is -0.492.